The Morgan fingerprint density at radius 1 is 1.21 bits per heavy atom. The number of nitrogens with zero attached hydrogens (tertiary/aromatic N) is 2. The quantitative estimate of drug-likeness (QED) is 0.491. The lowest BCUT2D eigenvalue weighted by molar-refractivity contribution is 0.219. The highest BCUT2D eigenvalue weighted by Gasteiger charge is 2.26. The number of H-pyrrole nitrogens is 1. The van der Waals surface area contributed by atoms with Crippen molar-refractivity contribution in [3.05, 3.63) is 81.6 Å². The van der Waals surface area contributed by atoms with Crippen molar-refractivity contribution in [3.8, 4) is 0 Å². The summed E-state index contributed by atoms with van der Waals surface area (Å²) in [7, 11) is 0. The molecule has 1 unspecified atom stereocenters. The van der Waals surface area contributed by atoms with E-state index in [-0.39, 0.29) is 5.56 Å². The predicted octanol–water partition coefficient (Wildman–Crippen LogP) is 4.24. The molecule has 0 saturated carbocycles. The average molecular weight is 463 g/mol. The first-order valence-electron chi connectivity index (χ1n) is 12.0. The molecule has 0 spiro atoms. The molecule has 1 atom stereocenters. The Morgan fingerprint density at radius 3 is 2.82 bits per heavy atom. The highest BCUT2D eigenvalue weighted by molar-refractivity contribution is 7.80. The van der Waals surface area contributed by atoms with Gasteiger partial charge in [0.1, 0.15) is 0 Å². The van der Waals surface area contributed by atoms with Crippen LogP contribution in [0, 0.1) is 6.92 Å². The fraction of sp³-hybridized carbons (Fsp3) is 0.407. The highest BCUT2D eigenvalue weighted by Crippen LogP contribution is 2.19. The Balaban J connectivity index is 1.51. The molecule has 2 N–H and O–H groups in total. The number of benzene rings is 2. The van der Waals surface area contributed by atoms with E-state index in [2.05, 4.69) is 63.4 Å². The van der Waals surface area contributed by atoms with Gasteiger partial charge in [-0.2, -0.15) is 0 Å². The number of aromatic amines is 1. The molecule has 1 fully saturated rings. The monoisotopic (exact) mass is 462 g/mol. The van der Waals surface area contributed by atoms with Crippen molar-refractivity contribution in [1.82, 2.24) is 20.1 Å². The van der Waals surface area contributed by atoms with Crippen molar-refractivity contribution < 1.29 is 0 Å². The standard InChI is InChI=1S/C27H34N4OS/c1-3-30-15-7-10-24(30)19-31(27(33)28-14-13-21-8-5-4-6-9-21)18-23-17-22-12-11-20(2)16-25(22)29-26(23)32/h4-6,8-9,11-12,16-17,24H,3,7,10,13-15,18-19H2,1-2H3,(H,28,33)(H,29,32). The third-order valence-electron chi connectivity index (χ3n) is 6.60. The molecule has 2 heterocycles. The molecule has 174 valence electrons. The van der Waals surface area contributed by atoms with Crippen molar-refractivity contribution >= 4 is 28.2 Å². The van der Waals surface area contributed by atoms with Crippen LogP contribution >= 0.6 is 12.2 Å². The molecule has 0 bridgehead atoms. The van der Waals surface area contributed by atoms with E-state index in [1.807, 2.05) is 25.1 Å². The van der Waals surface area contributed by atoms with Crippen LogP contribution in [0.25, 0.3) is 10.9 Å². The number of fused-ring (bicyclic) bond motifs is 1. The third kappa shape index (κ3) is 6.01. The summed E-state index contributed by atoms with van der Waals surface area (Å²) in [6.07, 6.45) is 3.30. The topological polar surface area (TPSA) is 51.4 Å². The fourth-order valence-corrected chi connectivity index (χ4v) is 4.99. The van der Waals surface area contributed by atoms with Gasteiger partial charge in [0.2, 0.25) is 0 Å². The molecule has 6 heteroatoms. The van der Waals surface area contributed by atoms with Crippen LogP contribution in [0.5, 0.6) is 0 Å². The zero-order chi connectivity index (χ0) is 23.2. The molecule has 0 radical (unpaired) electrons. The normalized spacial score (nSPS) is 16.2. The highest BCUT2D eigenvalue weighted by atomic mass is 32.1. The van der Waals surface area contributed by atoms with Crippen molar-refractivity contribution in [2.24, 2.45) is 0 Å². The Labute approximate surface area is 201 Å². The van der Waals surface area contributed by atoms with E-state index in [0.717, 1.165) is 59.7 Å². The van der Waals surface area contributed by atoms with Crippen LogP contribution in [0.15, 0.2) is 59.4 Å². The fourth-order valence-electron chi connectivity index (χ4n) is 4.75. The predicted molar refractivity (Wildman–Crippen MR) is 141 cm³/mol. The number of aromatic nitrogens is 1. The van der Waals surface area contributed by atoms with Gasteiger partial charge in [-0.15, -0.1) is 0 Å². The lowest BCUT2D eigenvalue weighted by atomic mass is 10.1. The minimum absolute atomic E-state index is 0.0380. The van der Waals surface area contributed by atoms with Crippen molar-refractivity contribution in [2.75, 3.05) is 26.2 Å². The van der Waals surface area contributed by atoms with Gasteiger partial charge in [0.25, 0.3) is 5.56 Å². The van der Waals surface area contributed by atoms with Gasteiger partial charge in [-0.1, -0.05) is 49.4 Å². The number of thiocarbonyl (C=S) groups is 1. The number of hydrogen-bond donors (Lipinski definition) is 2. The zero-order valence-corrected chi connectivity index (χ0v) is 20.5. The van der Waals surface area contributed by atoms with E-state index in [9.17, 15) is 4.79 Å². The van der Waals surface area contributed by atoms with Crippen LogP contribution < -0.4 is 10.9 Å². The molecule has 3 aromatic rings. The van der Waals surface area contributed by atoms with Gasteiger partial charge in [0, 0.05) is 30.2 Å². The summed E-state index contributed by atoms with van der Waals surface area (Å²) in [5.41, 5.74) is 4.01. The largest absolute Gasteiger partial charge is 0.362 e. The first kappa shape index (κ1) is 23.5. The first-order chi connectivity index (χ1) is 16.0. The van der Waals surface area contributed by atoms with Crippen LogP contribution in [0.4, 0.5) is 0 Å². The second-order valence-electron chi connectivity index (χ2n) is 8.99. The van der Waals surface area contributed by atoms with E-state index in [4.69, 9.17) is 12.2 Å². The van der Waals surface area contributed by atoms with Crippen molar-refractivity contribution in [1.29, 1.82) is 0 Å². The van der Waals surface area contributed by atoms with E-state index in [1.165, 1.54) is 18.4 Å². The summed E-state index contributed by atoms with van der Waals surface area (Å²) < 4.78 is 0. The zero-order valence-electron chi connectivity index (χ0n) is 19.6. The first-order valence-corrected chi connectivity index (χ1v) is 12.4. The second kappa shape index (κ2) is 10.9. The van der Waals surface area contributed by atoms with Crippen LogP contribution in [0.1, 0.15) is 36.5 Å². The SMILES string of the molecule is CCN1CCCC1CN(Cc1cc2ccc(C)cc2[nH]c1=O)C(=S)NCCc1ccccc1. The summed E-state index contributed by atoms with van der Waals surface area (Å²) in [4.78, 5) is 20.7. The molecule has 33 heavy (non-hydrogen) atoms. The minimum atomic E-state index is -0.0380. The number of nitrogens with one attached hydrogen (secondary N) is 2. The maximum absolute atomic E-state index is 12.9. The summed E-state index contributed by atoms with van der Waals surface area (Å²) >= 11 is 5.84. The Bertz CT molecular complexity index is 1140. The molecule has 2 aromatic carbocycles. The molecule has 5 nitrogen and oxygen atoms in total. The smallest absolute Gasteiger partial charge is 0.253 e. The lowest BCUT2D eigenvalue weighted by Crippen LogP contribution is -2.47. The second-order valence-corrected chi connectivity index (χ2v) is 9.37. The molecule has 0 amide bonds. The average Bonchev–Trinajstić information content (AvgIpc) is 3.27. The maximum atomic E-state index is 12.9. The Kier molecular flexibility index (Phi) is 7.78. The van der Waals surface area contributed by atoms with Crippen molar-refractivity contribution in [2.45, 2.75) is 45.7 Å². The van der Waals surface area contributed by atoms with E-state index < -0.39 is 0 Å². The summed E-state index contributed by atoms with van der Waals surface area (Å²) in [5, 5.41) is 5.22. The summed E-state index contributed by atoms with van der Waals surface area (Å²) in [6.45, 7) is 8.54. The molecule has 1 saturated heterocycles. The van der Waals surface area contributed by atoms with Gasteiger partial charge < -0.3 is 15.2 Å². The van der Waals surface area contributed by atoms with Gasteiger partial charge in [0.15, 0.2) is 5.11 Å². The minimum Gasteiger partial charge on any atom is -0.362 e. The van der Waals surface area contributed by atoms with E-state index in [1.54, 1.807) is 0 Å². The number of likely N-dealkylation sites (N-methyl/N-ethyl adjacent to an activating group) is 1. The molecule has 1 aliphatic heterocycles. The van der Waals surface area contributed by atoms with Gasteiger partial charge in [-0.05, 0) is 80.1 Å². The molecular weight excluding hydrogens is 428 g/mol. The number of pyridine rings is 1. The van der Waals surface area contributed by atoms with E-state index >= 15 is 0 Å². The van der Waals surface area contributed by atoms with E-state index in [0.29, 0.717) is 12.6 Å². The number of likely N-dealkylation sites (tertiary alicyclic amines) is 1. The van der Waals surface area contributed by atoms with Crippen LogP contribution in [0.3, 0.4) is 0 Å². The Morgan fingerprint density at radius 2 is 2.03 bits per heavy atom. The van der Waals surface area contributed by atoms with Gasteiger partial charge in [-0.3, -0.25) is 9.69 Å². The lowest BCUT2D eigenvalue weighted by Gasteiger charge is -2.32. The maximum Gasteiger partial charge on any atom is 0.253 e. The van der Waals surface area contributed by atoms with Crippen LogP contribution in [-0.2, 0) is 13.0 Å². The number of aryl methyl sites for hydroxylation is 1. The number of hydrogen-bond acceptors (Lipinski definition) is 3. The molecular formula is C27H34N4OS. The molecule has 1 aromatic heterocycles. The summed E-state index contributed by atoms with van der Waals surface area (Å²) in [5.74, 6) is 0. The number of rotatable bonds is 8. The van der Waals surface area contributed by atoms with Crippen LogP contribution in [0.2, 0.25) is 0 Å². The third-order valence-corrected chi connectivity index (χ3v) is 7.00. The summed E-state index contributed by atoms with van der Waals surface area (Å²) in [6, 6.07) is 19.1. The Hall–Kier alpha value is -2.70. The van der Waals surface area contributed by atoms with Crippen LogP contribution in [-0.4, -0.2) is 52.1 Å². The van der Waals surface area contributed by atoms with Gasteiger partial charge in [0.05, 0.1) is 6.54 Å². The molecule has 1 aliphatic rings. The van der Waals surface area contributed by atoms with Gasteiger partial charge in [-0.25, -0.2) is 0 Å². The molecule has 0 aliphatic carbocycles. The molecule has 4 rings (SSSR count). The van der Waals surface area contributed by atoms with Crippen molar-refractivity contribution in [3.63, 3.8) is 0 Å². The van der Waals surface area contributed by atoms with Gasteiger partial charge >= 0.3 is 0 Å².